The predicted molar refractivity (Wildman–Crippen MR) is 52.2 cm³/mol. The van der Waals surface area contributed by atoms with Crippen molar-refractivity contribution in [2.75, 3.05) is 5.32 Å². The Hall–Kier alpha value is -2.10. The van der Waals surface area contributed by atoms with Crippen LogP contribution in [0, 0.1) is 40.0 Å². The maximum atomic E-state index is 13.2. The Morgan fingerprint density at radius 1 is 1.22 bits per heavy atom. The van der Waals surface area contributed by atoms with Gasteiger partial charge in [0.25, 0.3) is 0 Å². The first-order valence-corrected chi connectivity index (χ1v) is 4.97. The highest BCUT2D eigenvalue weighted by Gasteiger charge is 2.51. The van der Waals surface area contributed by atoms with Crippen LogP contribution >= 0.6 is 0 Å². The topological polar surface area (TPSA) is 52.9 Å². The molecule has 1 N–H and O–H groups in total. The molecule has 1 saturated carbocycles. The number of halogens is 4. The lowest BCUT2D eigenvalue weighted by Gasteiger charge is -2.10. The molecule has 0 spiro atoms. The Kier molecular flexibility index (Phi) is 2.73. The molecule has 3 nitrogen and oxygen atoms in total. The number of anilines is 1. The van der Waals surface area contributed by atoms with Gasteiger partial charge in [0.15, 0.2) is 23.3 Å². The summed E-state index contributed by atoms with van der Waals surface area (Å²) in [6.45, 7) is 0. The molecular weight excluding hydrogens is 252 g/mol. The molecule has 0 atom stereocenters. The van der Waals surface area contributed by atoms with Gasteiger partial charge in [-0.25, -0.2) is 17.6 Å². The van der Waals surface area contributed by atoms with Crippen LogP contribution < -0.4 is 5.32 Å². The molecule has 94 valence electrons. The lowest BCUT2D eigenvalue weighted by molar-refractivity contribution is -0.119. The van der Waals surface area contributed by atoms with E-state index in [-0.39, 0.29) is 18.9 Å². The molecule has 0 heterocycles. The molecule has 18 heavy (non-hydrogen) atoms. The van der Waals surface area contributed by atoms with E-state index in [9.17, 15) is 22.4 Å². The molecule has 1 aliphatic rings. The average Bonchev–Trinajstić information content (AvgIpc) is 3.13. The normalized spacial score (nSPS) is 15.9. The number of rotatable bonds is 2. The second-order valence-corrected chi connectivity index (χ2v) is 3.99. The number of nitrogens with zero attached hydrogens (tertiary/aromatic N) is 1. The first-order chi connectivity index (χ1) is 8.41. The number of hydrogen-bond donors (Lipinski definition) is 1. The van der Waals surface area contributed by atoms with Crippen LogP contribution in [0.2, 0.25) is 0 Å². The summed E-state index contributed by atoms with van der Waals surface area (Å²) in [5, 5.41) is 10.4. The number of nitriles is 1. The molecule has 0 saturated heterocycles. The van der Waals surface area contributed by atoms with E-state index >= 15 is 0 Å². The third-order valence-corrected chi connectivity index (χ3v) is 2.75. The van der Waals surface area contributed by atoms with Crippen molar-refractivity contribution >= 4 is 11.6 Å². The van der Waals surface area contributed by atoms with Crippen molar-refractivity contribution in [3.05, 3.63) is 29.3 Å². The van der Waals surface area contributed by atoms with Crippen molar-refractivity contribution in [3.63, 3.8) is 0 Å². The van der Waals surface area contributed by atoms with E-state index in [1.165, 1.54) is 0 Å². The van der Waals surface area contributed by atoms with Gasteiger partial charge in [-0.05, 0) is 12.8 Å². The molecule has 1 aliphatic carbocycles. The fourth-order valence-corrected chi connectivity index (χ4v) is 1.43. The summed E-state index contributed by atoms with van der Waals surface area (Å²) in [6, 6.07) is 1.74. The van der Waals surface area contributed by atoms with E-state index < -0.39 is 40.3 Å². The van der Waals surface area contributed by atoms with Gasteiger partial charge in [-0.1, -0.05) is 0 Å². The molecule has 1 fully saturated rings. The molecule has 1 aromatic rings. The van der Waals surface area contributed by atoms with E-state index in [0.29, 0.717) is 0 Å². The van der Waals surface area contributed by atoms with Crippen LogP contribution in [0.15, 0.2) is 6.07 Å². The molecular formula is C11H6F4N2O. The SMILES string of the molecule is N#CC1(C(=O)Nc2c(F)c(F)cc(F)c2F)CC1. The Morgan fingerprint density at radius 2 is 1.72 bits per heavy atom. The van der Waals surface area contributed by atoms with E-state index in [0.717, 1.165) is 0 Å². The van der Waals surface area contributed by atoms with Crippen molar-refractivity contribution in [3.8, 4) is 6.07 Å². The molecule has 7 heteroatoms. The second-order valence-electron chi connectivity index (χ2n) is 3.99. The van der Waals surface area contributed by atoms with Gasteiger partial charge in [0, 0.05) is 6.07 Å². The molecule has 0 radical (unpaired) electrons. The minimum Gasteiger partial charge on any atom is -0.320 e. The van der Waals surface area contributed by atoms with Gasteiger partial charge in [-0.3, -0.25) is 4.79 Å². The summed E-state index contributed by atoms with van der Waals surface area (Å²) in [7, 11) is 0. The second kappa shape index (κ2) is 3.98. The van der Waals surface area contributed by atoms with Crippen LogP contribution in [-0.2, 0) is 4.79 Å². The fraction of sp³-hybridized carbons (Fsp3) is 0.273. The van der Waals surface area contributed by atoms with Gasteiger partial charge in [0.2, 0.25) is 5.91 Å². The third-order valence-electron chi connectivity index (χ3n) is 2.75. The Morgan fingerprint density at radius 3 is 2.11 bits per heavy atom. The average molecular weight is 258 g/mol. The summed E-state index contributed by atoms with van der Waals surface area (Å²) in [6.07, 6.45) is 0.493. The van der Waals surface area contributed by atoms with Crippen LogP contribution in [-0.4, -0.2) is 5.91 Å². The van der Waals surface area contributed by atoms with Crippen LogP contribution in [0.5, 0.6) is 0 Å². The van der Waals surface area contributed by atoms with Crippen molar-refractivity contribution in [2.24, 2.45) is 5.41 Å². The zero-order valence-corrected chi connectivity index (χ0v) is 8.86. The van der Waals surface area contributed by atoms with Gasteiger partial charge in [-0.2, -0.15) is 5.26 Å². The zero-order valence-electron chi connectivity index (χ0n) is 8.86. The van der Waals surface area contributed by atoms with Crippen molar-refractivity contribution < 1.29 is 22.4 Å². The lowest BCUT2D eigenvalue weighted by atomic mass is 10.1. The number of hydrogen-bond acceptors (Lipinski definition) is 2. The summed E-state index contributed by atoms with van der Waals surface area (Å²) in [5.74, 6) is -7.60. The smallest absolute Gasteiger partial charge is 0.245 e. The highest BCUT2D eigenvalue weighted by atomic mass is 19.2. The summed E-state index contributed by atoms with van der Waals surface area (Å²) < 4.78 is 52.2. The number of carbonyl (C=O) groups excluding carboxylic acids is 1. The minimum absolute atomic E-state index is 0.0392. The zero-order chi connectivity index (χ0) is 13.5. The van der Waals surface area contributed by atoms with Crippen molar-refractivity contribution in [1.82, 2.24) is 0 Å². The lowest BCUT2D eigenvalue weighted by Crippen LogP contribution is -2.24. The monoisotopic (exact) mass is 258 g/mol. The molecule has 1 aromatic carbocycles. The molecule has 0 bridgehead atoms. The number of nitrogens with one attached hydrogen (secondary N) is 1. The van der Waals surface area contributed by atoms with Crippen LogP contribution in [0.3, 0.4) is 0 Å². The highest BCUT2D eigenvalue weighted by molar-refractivity contribution is 5.99. The maximum absolute atomic E-state index is 13.2. The minimum atomic E-state index is -1.70. The predicted octanol–water partition coefficient (Wildman–Crippen LogP) is 2.49. The number of benzene rings is 1. The van der Waals surface area contributed by atoms with Gasteiger partial charge < -0.3 is 5.32 Å². The van der Waals surface area contributed by atoms with Crippen LogP contribution in [0.25, 0.3) is 0 Å². The van der Waals surface area contributed by atoms with Gasteiger partial charge >= 0.3 is 0 Å². The summed E-state index contributed by atoms with van der Waals surface area (Å²) >= 11 is 0. The highest BCUT2D eigenvalue weighted by Crippen LogP contribution is 2.46. The molecule has 0 unspecified atom stereocenters. The molecule has 0 aliphatic heterocycles. The standard InChI is InChI=1S/C11H6F4N2O/c12-5-3-6(13)8(15)9(7(5)14)17-10(18)11(4-16)1-2-11/h3H,1-2H2,(H,17,18). The Bertz CT molecular complexity index is 549. The van der Waals surface area contributed by atoms with Gasteiger partial charge in [-0.15, -0.1) is 0 Å². The van der Waals surface area contributed by atoms with Crippen LogP contribution in [0.1, 0.15) is 12.8 Å². The summed E-state index contributed by atoms with van der Waals surface area (Å²) in [4.78, 5) is 11.5. The molecule has 0 aromatic heterocycles. The first-order valence-electron chi connectivity index (χ1n) is 4.97. The number of carbonyl (C=O) groups is 1. The van der Waals surface area contributed by atoms with Gasteiger partial charge in [0.05, 0.1) is 6.07 Å². The van der Waals surface area contributed by atoms with Gasteiger partial charge in [0.1, 0.15) is 11.1 Å². The molecule has 1 amide bonds. The van der Waals surface area contributed by atoms with Crippen molar-refractivity contribution in [2.45, 2.75) is 12.8 Å². The van der Waals surface area contributed by atoms with E-state index in [2.05, 4.69) is 0 Å². The molecule has 2 rings (SSSR count). The third kappa shape index (κ3) is 1.79. The first kappa shape index (κ1) is 12.4. The van der Waals surface area contributed by atoms with E-state index in [4.69, 9.17) is 5.26 Å². The number of amides is 1. The largest absolute Gasteiger partial charge is 0.320 e. The Labute approximate surface area is 99.0 Å². The van der Waals surface area contributed by atoms with Crippen LogP contribution in [0.4, 0.5) is 23.2 Å². The Balaban J connectivity index is 2.36. The quantitative estimate of drug-likeness (QED) is 0.654. The van der Waals surface area contributed by atoms with Crippen molar-refractivity contribution in [1.29, 1.82) is 5.26 Å². The fourth-order valence-electron chi connectivity index (χ4n) is 1.43. The summed E-state index contributed by atoms with van der Waals surface area (Å²) in [5.41, 5.74) is -2.55. The van der Waals surface area contributed by atoms with E-state index in [1.807, 2.05) is 0 Å². The maximum Gasteiger partial charge on any atom is 0.245 e. The van der Waals surface area contributed by atoms with E-state index in [1.54, 1.807) is 11.4 Å².